The van der Waals surface area contributed by atoms with Crippen LogP contribution in [-0.4, -0.2) is 37.5 Å². The molecule has 2 fully saturated rings. The van der Waals surface area contributed by atoms with E-state index in [4.69, 9.17) is 9.47 Å². The Balaban J connectivity index is 1.60. The summed E-state index contributed by atoms with van der Waals surface area (Å²) in [5, 5.41) is 12.6. The lowest BCUT2D eigenvalue weighted by Crippen LogP contribution is -2.43. The number of nitrogens with zero attached hydrogens (tertiary/aromatic N) is 1. The predicted octanol–water partition coefficient (Wildman–Crippen LogP) is 1.61. The highest BCUT2D eigenvalue weighted by molar-refractivity contribution is 5.06. The fourth-order valence-electron chi connectivity index (χ4n) is 2.11. The van der Waals surface area contributed by atoms with Crippen LogP contribution in [0.5, 0.6) is 0 Å². The Morgan fingerprint density at radius 1 is 1.47 bits per heavy atom. The minimum absolute atomic E-state index is 0.278. The lowest BCUT2D eigenvalue weighted by atomic mass is 10.0. The summed E-state index contributed by atoms with van der Waals surface area (Å²) >= 11 is 0. The van der Waals surface area contributed by atoms with E-state index in [1.54, 1.807) is 0 Å². The first-order valence-corrected chi connectivity index (χ1v) is 6.60. The van der Waals surface area contributed by atoms with Gasteiger partial charge in [-0.3, -0.25) is 5.32 Å². The van der Waals surface area contributed by atoms with Gasteiger partial charge in [0, 0.05) is 25.7 Å². The number of hydrogen-bond donors (Lipinski definition) is 1. The van der Waals surface area contributed by atoms with Crippen molar-refractivity contribution in [3.05, 3.63) is 0 Å². The van der Waals surface area contributed by atoms with Crippen LogP contribution < -0.4 is 5.32 Å². The molecule has 2 rings (SSSR count). The number of nitrogens with one attached hydrogen (secondary N) is 1. The topological polar surface area (TPSA) is 54.3 Å². The Morgan fingerprint density at radius 3 is 2.88 bits per heavy atom. The molecule has 1 saturated carbocycles. The maximum atomic E-state index is 9.18. The van der Waals surface area contributed by atoms with Crippen LogP contribution in [0.3, 0.4) is 0 Å². The maximum absolute atomic E-state index is 9.18. The van der Waals surface area contributed by atoms with Crippen LogP contribution in [-0.2, 0) is 9.47 Å². The van der Waals surface area contributed by atoms with Gasteiger partial charge in [-0.05, 0) is 32.6 Å². The predicted molar refractivity (Wildman–Crippen MR) is 64.6 cm³/mol. The summed E-state index contributed by atoms with van der Waals surface area (Å²) in [6.07, 6.45) is 5.68. The second-order valence-electron chi connectivity index (χ2n) is 5.32. The number of hydrogen-bond acceptors (Lipinski definition) is 4. The van der Waals surface area contributed by atoms with Gasteiger partial charge in [0.2, 0.25) is 0 Å². The van der Waals surface area contributed by atoms with E-state index in [1.807, 2.05) is 6.92 Å². The number of nitriles is 1. The lowest BCUT2D eigenvalue weighted by molar-refractivity contribution is 0.0130. The minimum Gasteiger partial charge on any atom is -0.379 e. The minimum atomic E-state index is -0.433. The average molecular weight is 238 g/mol. The summed E-state index contributed by atoms with van der Waals surface area (Å²) in [7, 11) is 0. The van der Waals surface area contributed by atoms with Crippen LogP contribution in [0.4, 0.5) is 0 Å². The van der Waals surface area contributed by atoms with E-state index < -0.39 is 5.54 Å². The molecule has 1 aliphatic carbocycles. The van der Waals surface area contributed by atoms with Crippen LogP contribution in [0, 0.1) is 11.3 Å². The fourth-order valence-corrected chi connectivity index (χ4v) is 2.11. The molecule has 96 valence electrons. The monoisotopic (exact) mass is 238 g/mol. The molecule has 2 atom stereocenters. The fraction of sp³-hybridized carbons (Fsp3) is 0.923. The van der Waals surface area contributed by atoms with Gasteiger partial charge in [0.15, 0.2) is 0 Å². The Hall–Kier alpha value is -0.630. The molecule has 2 unspecified atom stereocenters. The summed E-state index contributed by atoms with van der Waals surface area (Å²) in [5.74, 6) is 0. The normalized spacial score (nSPS) is 27.6. The van der Waals surface area contributed by atoms with Crippen LogP contribution in [0.2, 0.25) is 0 Å². The molecule has 1 saturated heterocycles. The van der Waals surface area contributed by atoms with Crippen LogP contribution >= 0.6 is 0 Å². The largest absolute Gasteiger partial charge is 0.379 e. The van der Waals surface area contributed by atoms with Crippen molar-refractivity contribution in [2.75, 3.05) is 19.8 Å². The van der Waals surface area contributed by atoms with Gasteiger partial charge in [-0.25, -0.2) is 0 Å². The Kier molecular flexibility index (Phi) is 4.38. The van der Waals surface area contributed by atoms with Crippen molar-refractivity contribution in [1.82, 2.24) is 5.32 Å². The first-order valence-electron chi connectivity index (χ1n) is 6.60. The summed E-state index contributed by atoms with van der Waals surface area (Å²) in [5.41, 5.74) is -0.433. The molecule has 17 heavy (non-hydrogen) atoms. The van der Waals surface area contributed by atoms with Gasteiger partial charge >= 0.3 is 0 Å². The average Bonchev–Trinajstić information content (AvgIpc) is 2.97. The smallest absolute Gasteiger partial charge is 0.106 e. The third-order valence-corrected chi connectivity index (χ3v) is 3.42. The molecular weight excluding hydrogens is 216 g/mol. The molecule has 4 heteroatoms. The molecule has 1 heterocycles. The van der Waals surface area contributed by atoms with E-state index in [1.165, 1.54) is 12.8 Å². The molecule has 0 aromatic carbocycles. The molecule has 1 aliphatic heterocycles. The first kappa shape index (κ1) is 12.8. The van der Waals surface area contributed by atoms with Gasteiger partial charge in [-0.2, -0.15) is 5.26 Å². The quantitative estimate of drug-likeness (QED) is 0.685. The SMILES string of the molecule is CC(C#N)(CCOCC1CCCO1)NC1CC1. The molecule has 0 aromatic rings. The molecule has 0 amide bonds. The van der Waals surface area contributed by atoms with Gasteiger partial charge < -0.3 is 9.47 Å². The molecule has 2 aliphatic rings. The summed E-state index contributed by atoms with van der Waals surface area (Å²) in [6.45, 7) is 4.13. The first-order chi connectivity index (χ1) is 8.22. The molecular formula is C13H22N2O2. The highest BCUT2D eigenvalue weighted by atomic mass is 16.5. The zero-order valence-electron chi connectivity index (χ0n) is 10.6. The second kappa shape index (κ2) is 5.81. The molecule has 0 radical (unpaired) electrons. The van der Waals surface area contributed by atoms with Crippen LogP contribution in [0.25, 0.3) is 0 Å². The number of rotatable bonds is 7. The Morgan fingerprint density at radius 2 is 2.29 bits per heavy atom. The summed E-state index contributed by atoms with van der Waals surface area (Å²) < 4.78 is 11.1. The van der Waals surface area contributed by atoms with E-state index in [9.17, 15) is 5.26 Å². The van der Waals surface area contributed by atoms with Crippen molar-refractivity contribution in [3.63, 3.8) is 0 Å². The van der Waals surface area contributed by atoms with Gasteiger partial charge in [-0.15, -0.1) is 0 Å². The Bertz CT molecular complexity index is 280. The van der Waals surface area contributed by atoms with Crippen molar-refractivity contribution < 1.29 is 9.47 Å². The van der Waals surface area contributed by atoms with Crippen molar-refractivity contribution >= 4 is 0 Å². The van der Waals surface area contributed by atoms with Crippen molar-refractivity contribution in [2.24, 2.45) is 0 Å². The van der Waals surface area contributed by atoms with Gasteiger partial charge in [0.05, 0.1) is 18.8 Å². The van der Waals surface area contributed by atoms with Gasteiger partial charge in [0.25, 0.3) is 0 Å². The van der Waals surface area contributed by atoms with Crippen LogP contribution in [0.15, 0.2) is 0 Å². The lowest BCUT2D eigenvalue weighted by Gasteiger charge is -2.23. The zero-order chi connectivity index (χ0) is 12.1. The van der Waals surface area contributed by atoms with E-state index >= 15 is 0 Å². The standard InChI is InChI=1S/C13H22N2O2/c1-13(10-14,15-11-4-5-11)6-8-16-9-12-3-2-7-17-12/h11-12,15H,2-9H2,1H3. The molecule has 4 nitrogen and oxygen atoms in total. The van der Waals surface area contributed by atoms with E-state index in [-0.39, 0.29) is 6.10 Å². The third-order valence-electron chi connectivity index (χ3n) is 3.42. The summed E-state index contributed by atoms with van der Waals surface area (Å²) in [6, 6.07) is 2.91. The molecule has 0 aromatic heterocycles. The van der Waals surface area contributed by atoms with Crippen molar-refractivity contribution in [2.45, 2.75) is 56.7 Å². The van der Waals surface area contributed by atoms with E-state index in [2.05, 4.69) is 11.4 Å². The molecule has 1 N–H and O–H groups in total. The Labute approximate surface area is 103 Å². The molecule has 0 spiro atoms. The van der Waals surface area contributed by atoms with E-state index in [0.717, 1.165) is 25.9 Å². The van der Waals surface area contributed by atoms with Crippen molar-refractivity contribution in [1.29, 1.82) is 5.26 Å². The zero-order valence-corrected chi connectivity index (χ0v) is 10.6. The number of ether oxygens (including phenoxy) is 2. The second-order valence-corrected chi connectivity index (χ2v) is 5.32. The maximum Gasteiger partial charge on any atom is 0.106 e. The highest BCUT2D eigenvalue weighted by Gasteiger charge is 2.32. The van der Waals surface area contributed by atoms with E-state index in [0.29, 0.717) is 19.3 Å². The van der Waals surface area contributed by atoms with Gasteiger partial charge in [0.1, 0.15) is 5.54 Å². The van der Waals surface area contributed by atoms with Gasteiger partial charge in [-0.1, -0.05) is 0 Å². The van der Waals surface area contributed by atoms with Crippen molar-refractivity contribution in [3.8, 4) is 6.07 Å². The highest BCUT2D eigenvalue weighted by Crippen LogP contribution is 2.23. The third kappa shape index (κ3) is 4.27. The summed E-state index contributed by atoms with van der Waals surface area (Å²) in [4.78, 5) is 0. The van der Waals surface area contributed by atoms with Crippen LogP contribution in [0.1, 0.15) is 39.0 Å². The molecule has 0 bridgehead atoms.